The summed E-state index contributed by atoms with van der Waals surface area (Å²) < 4.78 is 37.2. The number of sulfonamides is 1. The number of methoxy groups -OCH3 is 1. The molecule has 0 aliphatic carbocycles. The van der Waals surface area contributed by atoms with Crippen molar-refractivity contribution in [2.75, 3.05) is 19.9 Å². The van der Waals surface area contributed by atoms with E-state index in [1.807, 2.05) is 0 Å². The Morgan fingerprint density at radius 3 is 2.71 bits per heavy atom. The first-order chi connectivity index (χ1) is 9.86. The normalized spacial score (nSPS) is 11.8. The van der Waals surface area contributed by atoms with Gasteiger partial charge >= 0.3 is 0 Å². The van der Waals surface area contributed by atoms with Gasteiger partial charge in [-0.2, -0.15) is 4.31 Å². The maximum atomic E-state index is 12.6. The standard InChI is InChI=1S/C13H15BrN2O4S/c1-16(7-9-3-4-20-8-9)21(17,18)13-6-11(15)10(14)5-12(13)19-2/h3-6,8H,7,15H2,1-2H3. The van der Waals surface area contributed by atoms with E-state index in [0.717, 1.165) is 5.56 Å². The molecule has 0 atom stereocenters. The summed E-state index contributed by atoms with van der Waals surface area (Å²) in [6, 6.07) is 4.62. The van der Waals surface area contributed by atoms with Crippen LogP contribution in [0, 0.1) is 0 Å². The molecule has 0 bridgehead atoms. The molecule has 0 saturated heterocycles. The summed E-state index contributed by atoms with van der Waals surface area (Å²) in [6.45, 7) is 0.192. The highest BCUT2D eigenvalue weighted by Gasteiger charge is 2.26. The number of ether oxygens (including phenoxy) is 1. The third-order valence-electron chi connectivity index (χ3n) is 2.96. The predicted octanol–water partition coefficient (Wildman–Crippen LogP) is 2.45. The molecule has 1 heterocycles. The highest BCUT2D eigenvalue weighted by Crippen LogP contribution is 2.33. The summed E-state index contributed by atoms with van der Waals surface area (Å²) in [4.78, 5) is 0.0247. The Morgan fingerprint density at radius 1 is 1.43 bits per heavy atom. The first-order valence-electron chi connectivity index (χ1n) is 5.96. The van der Waals surface area contributed by atoms with Gasteiger partial charge < -0.3 is 14.9 Å². The topological polar surface area (TPSA) is 85.8 Å². The van der Waals surface area contributed by atoms with Crippen molar-refractivity contribution in [2.45, 2.75) is 11.4 Å². The molecule has 2 aromatic rings. The molecule has 0 amide bonds. The molecule has 0 radical (unpaired) electrons. The van der Waals surface area contributed by atoms with Gasteiger partial charge in [-0.1, -0.05) is 0 Å². The Bertz CT molecular complexity index is 729. The van der Waals surface area contributed by atoms with Gasteiger partial charge in [-0.3, -0.25) is 0 Å². The third kappa shape index (κ3) is 3.22. The molecule has 0 fully saturated rings. The molecule has 21 heavy (non-hydrogen) atoms. The van der Waals surface area contributed by atoms with E-state index in [-0.39, 0.29) is 17.2 Å². The summed E-state index contributed by atoms with van der Waals surface area (Å²) in [5, 5.41) is 0. The van der Waals surface area contributed by atoms with E-state index < -0.39 is 10.0 Å². The van der Waals surface area contributed by atoms with Crippen molar-refractivity contribution < 1.29 is 17.6 Å². The fourth-order valence-electron chi connectivity index (χ4n) is 1.80. The molecule has 0 saturated carbocycles. The highest BCUT2D eigenvalue weighted by molar-refractivity contribution is 9.10. The van der Waals surface area contributed by atoms with Crippen LogP contribution in [0.1, 0.15) is 5.56 Å². The van der Waals surface area contributed by atoms with Crippen LogP contribution in [-0.2, 0) is 16.6 Å². The van der Waals surface area contributed by atoms with Gasteiger partial charge in [-0.05, 0) is 34.1 Å². The molecular formula is C13H15BrN2O4S. The summed E-state index contributed by atoms with van der Waals surface area (Å²) in [7, 11) is -0.835. The zero-order valence-corrected chi connectivity index (χ0v) is 13.9. The number of rotatable bonds is 5. The molecule has 2 N–H and O–H groups in total. The quantitative estimate of drug-likeness (QED) is 0.812. The molecule has 0 aliphatic heterocycles. The van der Waals surface area contributed by atoms with Gasteiger partial charge in [0.2, 0.25) is 10.0 Å². The second kappa shape index (κ2) is 6.08. The molecule has 114 valence electrons. The first-order valence-corrected chi connectivity index (χ1v) is 8.20. The lowest BCUT2D eigenvalue weighted by molar-refractivity contribution is 0.397. The van der Waals surface area contributed by atoms with Crippen molar-refractivity contribution in [3.8, 4) is 5.75 Å². The van der Waals surface area contributed by atoms with E-state index in [0.29, 0.717) is 10.2 Å². The minimum Gasteiger partial charge on any atom is -0.495 e. The molecule has 1 aromatic carbocycles. The average molecular weight is 375 g/mol. The maximum Gasteiger partial charge on any atom is 0.246 e. The van der Waals surface area contributed by atoms with Crippen LogP contribution >= 0.6 is 15.9 Å². The predicted molar refractivity (Wildman–Crippen MR) is 82.5 cm³/mol. The second-order valence-corrected chi connectivity index (χ2v) is 7.28. The van der Waals surface area contributed by atoms with Crippen LogP contribution in [-0.4, -0.2) is 26.9 Å². The Kier molecular flexibility index (Phi) is 4.60. The van der Waals surface area contributed by atoms with Crippen LogP contribution in [0.15, 0.2) is 44.5 Å². The lowest BCUT2D eigenvalue weighted by atomic mass is 10.3. The summed E-state index contributed by atoms with van der Waals surface area (Å²) in [5.41, 5.74) is 6.86. The molecule has 1 aromatic heterocycles. The Hall–Kier alpha value is -1.51. The lowest BCUT2D eigenvalue weighted by Gasteiger charge is -2.19. The molecule has 6 nitrogen and oxygen atoms in total. The summed E-state index contributed by atoms with van der Waals surface area (Å²) in [6.07, 6.45) is 2.99. The van der Waals surface area contributed by atoms with Gasteiger partial charge in [0, 0.05) is 29.3 Å². The van der Waals surface area contributed by atoms with Crippen LogP contribution in [0.2, 0.25) is 0 Å². The number of anilines is 1. The second-order valence-electron chi connectivity index (χ2n) is 4.42. The highest BCUT2D eigenvalue weighted by atomic mass is 79.9. The van der Waals surface area contributed by atoms with Crippen molar-refractivity contribution in [3.63, 3.8) is 0 Å². The number of furan rings is 1. The minimum absolute atomic E-state index is 0.0247. The molecule has 0 aliphatic rings. The molecular weight excluding hydrogens is 360 g/mol. The molecule has 2 rings (SSSR count). The number of hydrogen-bond acceptors (Lipinski definition) is 5. The molecule has 0 unspecified atom stereocenters. The van der Waals surface area contributed by atoms with E-state index >= 15 is 0 Å². The van der Waals surface area contributed by atoms with Crippen LogP contribution in [0.3, 0.4) is 0 Å². The minimum atomic E-state index is -3.73. The van der Waals surface area contributed by atoms with Crippen LogP contribution < -0.4 is 10.5 Å². The zero-order chi connectivity index (χ0) is 15.6. The van der Waals surface area contributed by atoms with Crippen molar-refractivity contribution in [2.24, 2.45) is 0 Å². The van der Waals surface area contributed by atoms with Crippen LogP contribution in [0.5, 0.6) is 5.75 Å². The number of nitrogen functional groups attached to an aromatic ring is 1. The number of halogens is 1. The number of nitrogens with two attached hydrogens (primary N) is 1. The van der Waals surface area contributed by atoms with Gasteiger partial charge in [0.05, 0.1) is 19.6 Å². The van der Waals surface area contributed by atoms with Crippen molar-refractivity contribution in [1.82, 2.24) is 4.31 Å². The monoisotopic (exact) mass is 374 g/mol. The van der Waals surface area contributed by atoms with Crippen molar-refractivity contribution in [1.29, 1.82) is 0 Å². The largest absolute Gasteiger partial charge is 0.495 e. The number of benzene rings is 1. The average Bonchev–Trinajstić information content (AvgIpc) is 2.94. The molecule has 0 spiro atoms. The van der Waals surface area contributed by atoms with Gasteiger partial charge in [-0.15, -0.1) is 0 Å². The molecule has 8 heteroatoms. The van der Waals surface area contributed by atoms with Gasteiger partial charge in [-0.25, -0.2) is 8.42 Å². The van der Waals surface area contributed by atoms with Gasteiger partial charge in [0.15, 0.2) is 0 Å². The SMILES string of the molecule is COc1cc(Br)c(N)cc1S(=O)(=O)N(C)Cc1ccoc1. The van der Waals surface area contributed by atoms with Crippen LogP contribution in [0.25, 0.3) is 0 Å². The third-order valence-corrected chi connectivity index (χ3v) is 5.47. The Balaban J connectivity index is 2.41. The van der Waals surface area contributed by atoms with Crippen molar-refractivity contribution >= 4 is 31.6 Å². The van der Waals surface area contributed by atoms with Gasteiger partial charge in [0.25, 0.3) is 0 Å². The van der Waals surface area contributed by atoms with E-state index in [1.165, 1.54) is 43.1 Å². The maximum absolute atomic E-state index is 12.6. The lowest BCUT2D eigenvalue weighted by Crippen LogP contribution is -2.26. The summed E-state index contributed by atoms with van der Waals surface area (Å²) in [5.74, 6) is 0.232. The summed E-state index contributed by atoms with van der Waals surface area (Å²) >= 11 is 3.25. The number of hydrogen-bond donors (Lipinski definition) is 1. The van der Waals surface area contributed by atoms with Gasteiger partial charge in [0.1, 0.15) is 10.6 Å². The number of nitrogens with zero attached hydrogens (tertiary/aromatic N) is 1. The van der Waals surface area contributed by atoms with E-state index in [9.17, 15) is 8.42 Å². The Morgan fingerprint density at radius 2 is 2.14 bits per heavy atom. The smallest absolute Gasteiger partial charge is 0.246 e. The Labute approximate surface area is 131 Å². The fraction of sp³-hybridized carbons (Fsp3) is 0.231. The van der Waals surface area contributed by atoms with Crippen LogP contribution in [0.4, 0.5) is 5.69 Å². The first kappa shape index (κ1) is 15.9. The van der Waals surface area contributed by atoms with E-state index in [1.54, 1.807) is 6.07 Å². The van der Waals surface area contributed by atoms with E-state index in [4.69, 9.17) is 14.9 Å². The fourth-order valence-corrected chi connectivity index (χ4v) is 3.45. The van der Waals surface area contributed by atoms with E-state index in [2.05, 4.69) is 15.9 Å². The zero-order valence-electron chi connectivity index (χ0n) is 11.5. The van der Waals surface area contributed by atoms with Crippen molar-refractivity contribution in [3.05, 3.63) is 40.8 Å².